The lowest BCUT2D eigenvalue weighted by Crippen LogP contribution is -2.48. The van der Waals surface area contributed by atoms with Gasteiger partial charge in [0.2, 0.25) is 5.91 Å². The molecular formula is C19H26N2O4. The van der Waals surface area contributed by atoms with E-state index in [1.807, 2.05) is 43.0 Å². The number of carbonyl (C=O) groups is 2. The Kier molecular flexibility index (Phi) is 5.71. The van der Waals surface area contributed by atoms with Crippen LogP contribution >= 0.6 is 0 Å². The van der Waals surface area contributed by atoms with Gasteiger partial charge in [0.1, 0.15) is 0 Å². The number of nitrogens with zero attached hydrogens (tertiary/aromatic N) is 1. The number of nitrogens with one attached hydrogen (secondary N) is 1. The highest BCUT2D eigenvalue weighted by Crippen LogP contribution is 2.16. The molecule has 0 aromatic heterocycles. The molecule has 3 unspecified atom stereocenters. The summed E-state index contributed by atoms with van der Waals surface area (Å²) in [5.74, 6) is 0.0285. The van der Waals surface area contributed by atoms with Crippen LogP contribution in [0.4, 0.5) is 0 Å². The Balaban J connectivity index is 1.54. The van der Waals surface area contributed by atoms with Gasteiger partial charge in [0.25, 0.3) is 5.91 Å². The van der Waals surface area contributed by atoms with Gasteiger partial charge in [-0.1, -0.05) is 12.1 Å². The Hall–Kier alpha value is -1.92. The molecule has 1 aromatic carbocycles. The number of rotatable bonds is 4. The fraction of sp³-hybridized carbons (Fsp3) is 0.579. The summed E-state index contributed by atoms with van der Waals surface area (Å²) in [6.45, 7) is 6.84. The summed E-state index contributed by atoms with van der Waals surface area (Å²) in [6, 6.07) is 7.44. The van der Waals surface area contributed by atoms with Gasteiger partial charge >= 0.3 is 0 Å². The number of hydrogen-bond acceptors (Lipinski definition) is 4. The van der Waals surface area contributed by atoms with Gasteiger partial charge in [0.15, 0.2) is 0 Å². The van der Waals surface area contributed by atoms with E-state index in [1.54, 1.807) is 0 Å². The molecule has 6 heteroatoms. The third kappa shape index (κ3) is 4.58. The van der Waals surface area contributed by atoms with Gasteiger partial charge in [-0.3, -0.25) is 9.59 Å². The minimum Gasteiger partial charge on any atom is -0.381 e. The molecule has 0 bridgehead atoms. The summed E-state index contributed by atoms with van der Waals surface area (Å²) >= 11 is 0. The van der Waals surface area contributed by atoms with E-state index in [0.717, 1.165) is 12.0 Å². The van der Waals surface area contributed by atoms with E-state index in [4.69, 9.17) is 9.47 Å². The molecule has 25 heavy (non-hydrogen) atoms. The Morgan fingerprint density at radius 2 is 1.84 bits per heavy atom. The number of carbonyl (C=O) groups excluding carboxylic acids is 2. The molecule has 136 valence electrons. The Labute approximate surface area is 148 Å². The van der Waals surface area contributed by atoms with Crippen molar-refractivity contribution in [1.29, 1.82) is 0 Å². The van der Waals surface area contributed by atoms with Crippen LogP contribution in [0, 0.1) is 5.92 Å². The fourth-order valence-corrected chi connectivity index (χ4v) is 3.37. The fourth-order valence-electron chi connectivity index (χ4n) is 3.37. The molecule has 0 saturated carbocycles. The molecule has 2 aliphatic heterocycles. The second-order valence-electron chi connectivity index (χ2n) is 6.94. The number of benzene rings is 1. The SMILES string of the molecule is CC1CN(C(=O)c2ccc(CNC(=O)C3CCOC3)cc2)CC(C)O1. The Morgan fingerprint density at radius 1 is 1.16 bits per heavy atom. The van der Waals surface area contributed by atoms with E-state index in [0.29, 0.717) is 38.4 Å². The topological polar surface area (TPSA) is 67.9 Å². The van der Waals surface area contributed by atoms with Crippen molar-refractivity contribution < 1.29 is 19.1 Å². The molecule has 2 amide bonds. The summed E-state index contributed by atoms with van der Waals surface area (Å²) in [5.41, 5.74) is 1.65. The van der Waals surface area contributed by atoms with Crippen molar-refractivity contribution in [2.24, 2.45) is 5.92 Å². The molecule has 6 nitrogen and oxygen atoms in total. The summed E-state index contributed by atoms with van der Waals surface area (Å²) in [4.78, 5) is 26.5. The van der Waals surface area contributed by atoms with Crippen LogP contribution in [0.25, 0.3) is 0 Å². The van der Waals surface area contributed by atoms with Crippen molar-refractivity contribution >= 4 is 11.8 Å². The molecule has 0 radical (unpaired) electrons. The molecular weight excluding hydrogens is 320 g/mol. The van der Waals surface area contributed by atoms with E-state index in [2.05, 4.69) is 5.32 Å². The van der Waals surface area contributed by atoms with Gasteiger partial charge < -0.3 is 19.7 Å². The maximum Gasteiger partial charge on any atom is 0.254 e. The molecule has 2 heterocycles. The average Bonchev–Trinajstić information content (AvgIpc) is 3.13. The van der Waals surface area contributed by atoms with E-state index < -0.39 is 0 Å². The van der Waals surface area contributed by atoms with Crippen molar-refractivity contribution in [2.75, 3.05) is 26.3 Å². The molecule has 2 fully saturated rings. The van der Waals surface area contributed by atoms with Crippen molar-refractivity contribution in [2.45, 2.75) is 39.0 Å². The van der Waals surface area contributed by atoms with Gasteiger partial charge in [0, 0.05) is 31.8 Å². The molecule has 0 spiro atoms. The molecule has 0 aliphatic carbocycles. The van der Waals surface area contributed by atoms with Crippen LogP contribution in [0.15, 0.2) is 24.3 Å². The smallest absolute Gasteiger partial charge is 0.254 e. The maximum absolute atomic E-state index is 12.6. The number of amides is 2. The lowest BCUT2D eigenvalue weighted by atomic mass is 10.1. The van der Waals surface area contributed by atoms with Crippen LogP contribution in [0.5, 0.6) is 0 Å². The van der Waals surface area contributed by atoms with Gasteiger partial charge in [-0.2, -0.15) is 0 Å². The van der Waals surface area contributed by atoms with Crippen molar-refractivity contribution in [3.8, 4) is 0 Å². The van der Waals surface area contributed by atoms with E-state index in [-0.39, 0.29) is 29.9 Å². The zero-order chi connectivity index (χ0) is 17.8. The highest BCUT2D eigenvalue weighted by molar-refractivity contribution is 5.94. The first-order valence-electron chi connectivity index (χ1n) is 8.92. The van der Waals surface area contributed by atoms with E-state index in [1.165, 1.54) is 0 Å². The second-order valence-corrected chi connectivity index (χ2v) is 6.94. The Bertz CT molecular complexity index is 600. The van der Waals surface area contributed by atoms with Crippen LogP contribution < -0.4 is 5.32 Å². The van der Waals surface area contributed by atoms with Gasteiger partial charge in [-0.05, 0) is 38.0 Å². The first-order valence-corrected chi connectivity index (χ1v) is 8.92. The van der Waals surface area contributed by atoms with Crippen LogP contribution in [0.1, 0.15) is 36.2 Å². The molecule has 3 atom stereocenters. The molecule has 2 saturated heterocycles. The van der Waals surface area contributed by atoms with Crippen molar-refractivity contribution in [3.63, 3.8) is 0 Å². The third-order valence-corrected chi connectivity index (χ3v) is 4.67. The van der Waals surface area contributed by atoms with Crippen molar-refractivity contribution in [1.82, 2.24) is 10.2 Å². The molecule has 1 N–H and O–H groups in total. The Morgan fingerprint density at radius 3 is 2.44 bits per heavy atom. The van der Waals surface area contributed by atoms with Crippen LogP contribution in [-0.2, 0) is 20.8 Å². The van der Waals surface area contributed by atoms with Crippen molar-refractivity contribution in [3.05, 3.63) is 35.4 Å². The minimum atomic E-state index is -0.0360. The monoisotopic (exact) mass is 346 g/mol. The van der Waals surface area contributed by atoms with Gasteiger partial charge in [-0.15, -0.1) is 0 Å². The standard InChI is InChI=1S/C19H26N2O4/c1-13-10-21(11-14(2)25-13)19(23)16-5-3-15(4-6-16)9-20-18(22)17-7-8-24-12-17/h3-6,13-14,17H,7-12H2,1-2H3,(H,20,22). The number of ether oxygens (including phenoxy) is 2. The number of hydrogen-bond donors (Lipinski definition) is 1. The van der Waals surface area contributed by atoms with Crippen LogP contribution in [-0.4, -0.2) is 55.2 Å². The van der Waals surface area contributed by atoms with Gasteiger partial charge in [-0.25, -0.2) is 0 Å². The molecule has 2 aliphatic rings. The number of morpholine rings is 1. The van der Waals surface area contributed by atoms with E-state index >= 15 is 0 Å². The summed E-state index contributed by atoms with van der Waals surface area (Å²) in [6.07, 6.45) is 0.902. The third-order valence-electron chi connectivity index (χ3n) is 4.67. The van der Waals surface area contributed by atoms with E-state index in [9.17, 15) is 9.59 Å². The van der Waals surface area contributed by atoms with Gasteiger partial charge in [0.05, 0.1) is 24.7 Å². The summed E-state index contributed by atoms with van der Waals surface area (Å²) in [5, 5.41) is 2.93. The lowest BCUT2D eigenvalue weighted by Gasteiger charge is -2.35. The predicted molar refractivity (Wildman–Crippen MR) is 93.1 cm³/mol. The first-order chi connectivity index (χ1) is 12.0. The normalized spacial score (nSPS) is 26.5. The molecule has 1 aromatic rings. The largest absolute Gasteiger partial charge is 0.381 e. The minimum absolute atomic E-state index is 0.0284. The maximum atomic E-state index is 12.6. The second kappa shape index (κ2) is 7.97. The average molecular weight is 346 g/mol. The highest BCUT2D eigenvalue weighted by Gasteiger charge is 2.26. The lowest BCUT2D eigenvalue weighted by molar-refractivity contribution is -0.125. The first kappa shape index (κ1) is 17.9. The zero-order valence-electron chi connectivity index (χ0n) is 14.9. The summed E-state index contributed by atoms with van der Waals surface area (Å²) in [7, 11) is 0. The summed E-state index contributed by atoms with van der Waals surface area (Å²) < 4.78 is 10.9. The zero-order valence-corrected chi connectivity index (χ0v) is 14.9. The van der Waals surface area contributed by atoms with Crippen LogP contribution in [0.2, 0.25) is 0 Å². The van der Waals surface area contributed by atoms with Crippen LogP contribution in [0.3, 0.4) is 0 Å². The predicted octanol–water partition coefficient (Wildman–Crippen LogP) is 1.59. The quantitative estimate of drug-likeness (QED) is 0.899. The highest BCUT2D eigenvalue weighted by atomic mass is 16.5. The molecule has 3 rings (SSSR count).